The molecular formula is C15H20F2N2O. The zero-order valence-corrected chi connectivity index (χ0v) is 11.5. The summed E-state index contributed by atoms with van der Waals surface area (Å²) in [5.41, 5.74) is 6.24. The lowest BCUT2D eigenvalue weighted by molar-refractivity contribution is -0.127. The van der Waals surface area contributed by atoms with E-state index in [-0.39, 0.29) is 23.4 Å². The first-order chi connectivity index (χ1) is 9.49. The fourth-order valence-corrected chi connectivity index (χ4v) is 2.74. The van der Waals surface area contributed by atoms with Crippen molar-refractivity contribution < 1.29 is 13.6 Å². The standard InChI is InChI=1S/C15H20F2N2O/c1-9(11-7-6-10(16)8-13(11)17)19-15(20)12-4-2-3-5-14(12)18/h6-9,12,14H,2-5,18H2,1H3,(H,19,20). The molecule has 1 amide bonds. The van der Waals surface area contributed by atoms with Crippen molar-refractivity contribution in [2.45, 2.75) is 44.7 Å². The molecule has 3 unspecified atom stereocenters. The van der Waals surface area contributed by atoms with Crippen LogP contribution < -0.4 is 11.1 Å². The molecule has 1 aromatic carbocycles. The highest BCUT2D eigenvalue weighted by Gasteiger charge is 2.29. The number of nitrogens with two attached hydrogens (primary N) is 1. The highest BCUT2D eigenvalue weighted by atomic mass is 19.1. The molecular weight excluding hydrogens is 262 g/mol. The van der Waals surface area contributed by atoms with E-state index >= 15 is 0 Å². The predicted octanol–water partition coefficient (Wildman–Crippen LogP) is 2.66. The molecule has 1 aliphatic rings. The number of amides is 1. The summed E-state index contributed by atoms with van der Waals surface area (Å²) in [5.74, 6) is -1.63. The Morgan fingerprint density at radius 2 is 2.05 bits per heavy atom. The van der Waals surface area contributed by atoms with Crippen LogP contribution in [0.4, 0.5) is 8.78 Å². The topological polar surface area (TPSA) is 55.1 Å². The molecule has 5 heteroatoms. The molecule has 2 rings (SSSR count). The Bertz CT molecular complexity index is 493. The first-order valence-electron chi connectivity index (χ1n) is 7.00. The van der Waals surface area contributed by atoms with Crippen molar-refractivity contribution in [3.8, 4) is 0 Å². The summed E-state index contributed by atoms with van der Waals surface area (Å²) < 4.78 is 26.5. The quantitative estimate of drug-likeness (QED) is 0.895. The normalized spacial score (nSPS) is 24.2. The van der Waals surface area contributed by atoms with Crippen molar-refractivity contribution in [1.82, 2.24) is 5.32 Å². The molecule has 110 valence electrons. The fourth-order valence-electron chi connectivity index (χ4n) is 2.74. The van der Waals surface area contributed by atoms with Gasteiger partial charge in [-0.3, -0.25) is 4.79 Å². The fraction of sp³-hybridized carbons (Fsp3) is 0.533. The van der Waals surface area contributed by atoms with Crippen LogP contribution in [0.2, 0.25) is 0 Å². The van der Waals surface area contributed by atoms with E-state index in [1.807, 2.05) is 0 Å². The number of halogens is 2. The number of carbonyl (C=O) groups excluding carboxylic acids is 1. The third-order valence-corrected chi connectivity index (χ3v) is 3.94. The lowest BCUT2D eigenvalue weighted by Crippen LogP contribution is -2.44. The van der Waals surface area contributed by atoms with E-state index in [1.165, 1.54) is 12.1 Å². The first-order valence-corrected chi connectivity index (χ1v) is 7.00. The molecule has 0 bridgehead atoms. The van der Waals surface area contributed by atoms with Gasteiger partial charge in [-0.25, -0.2) is 8.78 Å². The third-order valence-electron chi connectivity index (χ3n) is 3.94. The minimum absolute atomic E-state index is 0.131. The molecule has 0 radical (unpaired) electrons. The number of nitrogens with one attached hydrogen (secondary N) is 1. The molecule has 0 aromatic heterocycles. The van der Waals surface area contributed by atoms with Crippen LogP contribution in [-0.2, 0) is 4.79 Å². The second-order valence-electron chi connectivity index (χ2n) is 5.45. The molecule has 1 aliphatic carbocycles. The molecule has 0 saturated heterocycles. The van der Waals surface area contributed by atoms with E-state index in [1.54, 1.807) is 6.92 Å². The number of carbonyl (C=O) groups is 1. The van der Waals surface area contributed by atoms with Crippen molar-refractivity contribution in [1.29, 1.82) is 0 Å². The van der Waals surface area contributed by atoms with Gasteiger partial charge in [0.2, 0.25) is 5.91 Å². The second-order valence-corrected chi connectivity index (χ2v) is 5.45. The summed E-state index contributed by atoms with van der Waals surface area (Å²) >= 11 is 0. The molecule has 3 atom stereocenters. The summed E-state index contributed by atoms with van der Waals surface area (Å²) in [4.78, 5) is 12.2. The number of rotatable bonds is 3. The van der Waals surface area contributed by atoms with Crippen LogP contribution in [0.1, 0.15) is 44.2 Å². The average molecular weight is 282 g/mol. The highest BCUT2D eigenvalue weighted by Crippen LogP contribution is 2.25. The van der Waals surface area contributed by atoms with Crippen LogP contribution in [0.5, 0.6) is 0 Å². The molecule has 3 nitrogen and oxygen atoms in total. The van der Waals surface area contributed by atoms with Gasteiger partial charge in [0.05, 0.1) is 12.0 Å². The van der Waals surface area contributed by atoms with Crippen LogP contribution in [-0.4, -0.2) is 11.9 Å². The van der Waals surface area contributed by atoms with Gasteiger partial charge < -0.3 is 11.1 Å². The van der Waals surface area contributed by atoms with Gasteiger partial charge in [0.15, 0.2) is 0 Å². The Morgan fingerprint density at radius 3 is 2.70 bits per heavy atom. The first kappa shape index (κ1) is 14.9. The molecule has 0 spiro atoms. The monoisotopic (exact) mass is 282 g/mol. The number of hydrogen-bond donors (Lipinski definition) is 2. The molecule has 1 aromatic rings. The zero-order chi connectivity index (χ0) is 14.7. The lowest BCUT2D eigenvalue weighted by atomic mass is 9.84. The van der Waals surface area contributed by atoms with Crippen LogP contribution in [0.15, 0.2) is 18.2 Å². The van der Waals surface area contributed by atoms with E-state index in [0.717, 1.165) is 31.7 Å². The Balaban J connectivity index is 2.03. The highest BCUT2D eigenvalue weighted by molar-refractivity contribution is 5.79. The summed E-state index contributed by atoms with van der Waals surface area (Å²) in [6.07, 6.45) is 3.65. The summed E-state index contributed by atoms with van der Waals surface area (Å²) in [7, 11) is 0. The van der Waals surface area contributed by atoms with E-state index < -0.39 is 17.7 Å². The molecule has 20 heavy (non-hydrogen) atoms. The lowest BCUT2D eigenvalue weighted by Gasteiger charge is -2.28. The van der Waals surface area contributed by atoms with E-state index in [4.69, 9.17) is 5.73 Å². The van der Waals surface area contributed by atoms with Gasteiger partial charge in [-0.15, -0.1) is 0 Å². The van der Waals surface area contributed by atoms with Crippen LogP contribution in [0.25, 0.3) is 0 Å². The van der Waals surface area contributed by atoms with Gasteiger partial charge in [-0.05, 0) is 25.8 Å². The van der Waals surface area contributed by atoms with Gasteiger partial charge in [-0.1, -0.05) is 18.9 Å². The Morgan fingerprint density at radius 1 is 1.35 bits per heavy atom. The SMILES string of the molecule is CC(NC(=O)C1CCCCC1N)c1ccc(F)cc1F. The third kappa shape index (κ3) is 3.33. The maximum Gasteiger partial charge on any atom is 0.225 e. The number of benzene rings is 1. The predicted molar refractivity (Wildman–Crippen MR) is 72.8 cm³/mol. The van der Waals surface area contributed by atoms with E-state index in [2.05, 4.69) is 5.32 Å². The molecule has 1 fully saturated rings. The minimum atomic E-state index is -0.647. The van der Waals surface area contributed by atoms with Gasteiger partial charge >= 0.3 is 0 Å². The summed E-state index contributed by atoms with van der Waals surface area (Å²) in [6, 6.07) is 2.74. The maximum atomic E-state index is 13.7. The van der Waals surface area contributed by atoms with Gasteiger partial charge in [-0.2, -0.15) is 0 Å². The maximum absolute atomic E-state index is 13.7. The van der Waals surface area contributed by atoms with E-state index in [9.17, 15) is 13.6 Å². The van der Waals surface area contributed by atoms with Crippen LogP contribution >= 0.6 is 0 Å². The Hall–Kier alpha value is -1.49. The smallest absolute Gasteiger partial charge is 0.225 e. The molecule has 0 heterocycles. The van der Waals surface area contributed by atoms with Gasteiger partial charge in [0.25, 0.3) is 0 Å². The van der Waals surface area contributed by atoms with E-state index in [0.29, 0.717) is 0 Å². The summed E-state index contributed by atoms with van der Waals surface area (Å²) in [6.45, 7) is 1.68. The number of hydrogen-bond acceptors (Lipinski definition) is 2. The largest absolute Gasteiger partial charge is 0.349 e. The van der Waals surface area contributed by atoms with Crippen molar-refractivity contribution in [2.24, 2.45) is 11.7 Å². The summed E-state index contributed by atoms with van der Waals surface area (Å²) in [5, 5.41) is 2.78. The van der Waals surface area contributed by atoms with Crippen molar-refractivity contribution in [3.05, 3.63) is 35.4 Å². The van der Waals surface area contributed by atoms with Crippen LogP contribution in [0, 0.1) is 17.6 Å². The van der Waals surface area contributed by atoms with Gasteiger partial charge in [0.1, 0.15) is 11.6 Å². The Kier molecular flexibility index (Phi) is 4.70. The molecule has 1 saturated carbocycles. The van der Waals surface area contributed by atoms with Crippen molar-refractivity contribution in [3.63, 3.8) is 0 Å². The van der Waals surface area contributed by atoms with Gasteiger partial charge in [0, 0.05) is 17.7 Å². The minimum Gasteiger partial charge on any atom is -0.349 e. The average Bonchev–Trinajstić information content (AvgIpc) is 2.38. The molecule has 3 N–H and O–H groups in total. The Labute approximate surface area is 117 Å². The molecule has 0 aliphatic heterocycles. The second kappa shape index (κ2) is 6.31. The van der Waals surface area contributed by atoms with Crippen LogP contribution in [0.3, 0.4) is 0 Å². The zero-order valence-electron chi connectivity index (χ0n) is 11.5. The van der Waals surface area contributed by atoms with Crippen molar-refractivity contribution in [2.75, 3.05) is 0 Å². The van der Waals surface area contributed by atoms with Crippen molar-refractivity contribution >= 4 is 5.91 Å².